The monoisotopic (exact) mass is 225 g/mol. The Hall–Kier alpha value is -0.570. The highest BCUT2D eigenvalue weighted by molar-refractivity contribution is 6.30. The minimum Gasteiger partial charge on any atom is -0.388 e. The molecule has 0 radical (unpaired) electrons. The molecule has 0 bridgehead atoms. The van der Waals surface area contributed by atoms with Crippen molar-refractivity contribution >= 4 is 11.6 Å². The van der Waals surface area contributed by atoms with Crippen molar-refractivity contribution < 1.29 is 5.11 Å². The molecule has 2 rings (SSSR count). The number of aliphatic hydroxyl groups excluding tert-OH is 1. The molecule has 0 unspecified atom stereocenters. The summed E-state index contributed by atoms with van der Waals surface area (Å²) in [5, 5.41) is 10.9. The van der Waals surface area contributed by atoms with Crippen molar-refractivity contribution in [2.75, 3.05) is 6.54 Å². The minimum atomic E-state index is -0.490. The lowest BCUT2D eigenvalue weighted by Crippen LogP contribution is -2.25. The second-order valence-electron chi connectivity index (χ2n) is 4.50. The Morgan fingerprint density at radius 1 is 1.67 bits per heavy atom. The van der Waals surface area contributed by atoms with Gasteiger partial charge in [0.25, 0.3) is 0 Å². The molecule has 1 aromatic rings. The summed E-state index contributed by atoms with van der Waals surface area (Å²) in [6, 6.07) is 7.38. The molecule has 82 valence electrons. The highest BCUT2D eigenvalue weighted by Crippen LogP contribution is 2.59. The van der Waals surface area contributed by atoms with Crippen LogP contribution in [0.5, 0.6) is 0 Å². The summed E-state index contributed by atoms with van der Waals surface area (Å²) in [6.07, 6.45) is 0.508. The highest BCUT2D eigenvalue weighted by Gasteiger charge is 2.55. The van der Waals surface area contributed by atoms with E-state index >= 15 is 0 Å². The largest absolute Gasteiger partial charge is 0.388 e. The van der Waals surface area contributed by atoms with Crippen LogP contribution in [0.4, 0.5) is 0 Å². The van der Waals surface area contributed by atoms with Gasteiger partial charge in [0.1, 0.15) is 0 Å². The maximum atomic E-state index is 10.3. The van der Waals surface area contributed by atoms with E-state index in [2.05, 4.69) is 6.92 Å². The van der Waals surface area contributed by atoms with Crippen LogP contribution in [0.25, 0.3) is 0 Å². The first-order valence-electron chi connectivity index (χ1n) is 5.24. The molecule has 1 saturated carbocycles. The lowest BCUT2D eigenvalue weighted by Gasteiger charge is -2.22. The molecule has 1 fully saturated rings. The van der Waals surface area contributed by atoms with Gasteiger partial charge in [-0.1, -0.05) is 30.7 Å². The highest BCUT2D eigenvalue weighted by atomic mass is 35.5. The van der Waals surface area contributed by atoms with Gasteiger partial charge in [-0.15, -0.1) is 0 Å². The fourth-order valence-electron chi connectivity index (χ4n) is 2.30. The molecule has 0 amide bonds. The van der Waals surface area contributed by atoms with Crippen molar-refractivity contribution in [2.24, 2.45) is 17.1 Å². The van der Waals surface area contributed by atoms with Crippen molar-refractivity contribution in [1.82, 2.24) is 0 Å². The zero-order valence-electron chi connectivity index (χ0n) is 8.78. The maximum Gasteiger partial charge on any atom is 0.0861 e. The first kappa shape index (κ1) is 10.9. The molecular weight excluding hydrogens is 210 g/mol. The van der Waals surface area contributed by atoms with Crippen molar-refractivity contribution in [1.29, 1.82) is 0 Å². The predicted molar refractivity (Wildman–Crippen MR) is 61.7 cm³/mol. The smallest absolute Gasteiger partial charge is 0.0861 e. The molecule has 3 heteroatoms. The van der Waals surface area contributed by atoms with E-state index in [4.69, 9.17) is 17.3 Å². The standard InChI is InChI=1S/C12H16ClNO/c1-8-6-12(8,7-14)11(15)9-3-2-4-10(13)5-9/h2-5,8,11,15H,6-7,14H2,1H3/t8-,11-,12-/m1/s1. The van der Waals surface area contributed by atoms with Crippen LogP contribution in [0.15, 0.2) is 24.3 Å². The van der Waals surface area contributed by atoms with Crippen LogP contribution in [0.2, 0.25) is 5.02 Å². The Balaban J connectivity index is 2.25. The molecule has 1 aliphatic carbocycles. The topological polar surface area (TPSA) is 46.2 Å². The van der Waals surface area contributed by atoms with E-state index in [1.807, 2.05) is 24.3 Å². The fraction of sp³-hybridized carbons (Fsp3) is 0.500. The van der Waals surface area contributed by atoms with Gasteiger partial charge in [0, 0.05) is 17.0 Å². The third-order valence-corrected chi connectivity index (χ3v) is 3.83. The van der Waals surface area contributed by atoms with Crippen LogP contribution in [0, 0.1) is 11.3 Å². The molecule has 0 heterocycles. The molecule has 3 atom stereocenters. The Labute approximate surface area is 95.1 Å². The van der Waals surface area contributed by atoms with E-state index in [0.717, 1.165) is 12.0 Å². The number of nitrogens with two attached hydrogens (primary N) is 1. The Morgan fingerprint density at radius 2 is 2.33 bits per heavy atom. The lowest BCUT2D eigenvalue weighted by atomic mass is 9.91. The Bertz CT molecular complexity index is 364. The first-order valence-corrected chi connectivity index (χ1v) is 5.61. The summed E-state index contributed by atoms with van der Waals surface area (Å²) in [4.78, 5) is 0. The SMILES string of the molecule is C[C@@H]1C[C@]1(CN)[C@H](O)c1cccc(Cl)c1. The normalized spacial score (nSPS) is 31.3. The summed E-state index contributed by atoms with van der Waals surface area (Å²) in [5.74, 6) is 0.497. The molecule has 1 aromatic carbocycles. The van der Waals surface area contributed by atoms with Crippen LogP contribution >= 0.6 is 11.6 Å². The predicted octanol–water partition coefficient (Wildman–Crippen LogP) is 2.36. The Kier molecular flexibility index (Phi) is 2.75. The van der Waals surface area contributed by atoms with Gasteiger partial charge in [0.05, 0.1) is 6.10 Å². The van der Waals surface area contributed by atoms with E-state index in [-0.39, 0.29) is 5.41 Å². The van der Waals surface area contributed by atoms with E-state index < -0.39 is 6.10 Å². The molecule has 2 nitrogen and oxygen atoms in total. The zero-order chi connectivity index (χ0) is 11.1. The van der Waals surface area contributed by atoms with Crippen molar-refractivity contribution in [3.05, 3.63) is 34.9 Å². The van der Waals surface area contributed by atoms with Crippen molar-refractivity contribution in [3.8, 4) is 0 Å². The summed E-state index contributed by atoms with van der Waals surface area (Å²) in [6.45, 7) is 2.66. The molecule has 0 aromatic heterocycles. The lowest BCUT2D eigenvalue weighted by molar-refractivity contribution is 0.0889. The molecule has 3 N–H and O–H groups in total. The number of benzene rings is 1. The van der Waals surface area contributed by atoms with Gasteiger partial charge < -0.3 is 10.8 Å². The minimum absolute atomic E-state index is 0.120. The third-order valence-electron chi connectivity index (χ3n) is 3.60. The average Bonchev–Trinajstić information content (AvgIpc) is 2.90. The molecule has 1 aliphatic rings. The van der Waals surface area contributed by atoms with Crippen LogP contribution in [0.3, 0.4) is 0 Å². The molecule has 0 aliphatic heterocycles. The van der Waals surface area contributed by atoms with Gasteiger partial charge in [-0.25, -0.2) is 0 Å². The van der Waals surface area contributed by atoms with Crippen molar-refractivity contribution in [2.45, 2.75) is 19.4 Å². The summed E-state index contributed by atoms with van der Waals surface area (Å²) >= 11 is 5.90. The molecule has 0 spiro atoms. The number of halogens is 1. The van der Waals surface area contributed by atoms with Crippen LogP contribution in [0.1, 0.15) is 25.0 Å². The van der Waals surface area contributed by atoms with Crippen LogP contribution < -0.4 is 5.73 Å². The van der Waals surface area contributed by atoms with E-state index in [9.17, 15) is 5.11 Å². The van der Waals surface area contributed by atoms with Gasteiger partial charge in [0.15, 0.2) is 0 Å². The second-order valence-corrected chi connectivity index (χ2v) is 4.94. The third kappa shape index (κ3) is 1.78. The number of aliphatic hydroxyl groups is 1. The summed E-state index contributed by atoms with van der Waals surface area (Å²) in [7, 11) is 0. The van der Waals surface area contributed by atoms with Crippen molar-refractivity contribution in [3.63, 3.8) is 0 Å². The number of hydrogen-bond acceptors (Lipinski definition) is 2. The maximum absolute atomic E-state index is 10.3. The second kappa shape index (κ2) is 3.78. The van der Waals surface area contributed by atoms with Gasteiger partial charge >= 0.3 is 0 Å². The zero-order valence-corrected chi connectivity index (χ0v) is 9.54. The van der Waals surface area contributed by atoms with E-state index in [1.54, 1.807) is 0 Å². The van der Waals surface area contributed by atoms with Crippen LogP contribution in [-0.4, -0.2) is 11.7 Å². The first-order chi connectivity index (χ1) is 7.10. The number of rotatable bonds is 3. The molecule has 0 saturated heterocycles. The van der Waals surface area contributed by atoms with E-state index in [1.165, 1.54) is 0 Å². The fourth-order valence-corrected chi connectivity index (χ4v) is 2.50. The van der Waals surface area contributed by atoms with Gasteiger partial charge in [-0.3, -0.25) is 0 Å². The summed E-state index contributed by atoms with van der Waals surface area (Å²) in [5.41, 5.74) is 6.49. The quantitative estimate of drug-likeness (QED) is 0.830. The van der Waals surface area contributed by atoms with Gasteiger partial charge in [-0.2, -0.15) is 0 Å². The molecule has 15 heavy (non-hydrogen) atoms. The summed E-state index contributed by atoms with van der Waals surface area (Å²) < 4.78 is 0. The van der Waals surface area contributed by atoms with Gasteiger partial charge in [-0.05, 0) is 30.0 Å². The van der Waals surface area contributed by atoms with Crippen LogP contribution in [-0.2, 0) is 0 Å². The van der Waals surface area contributed by atoms with E-state index in [0.29, 0.717) is 17.5 Å². The molecular formula is C12H16ClNO. The average molecular weight is 226 g/mol. The Morgan fingerprint density at radius 3 is 2.80 bits per heavy atom. The van der Waals surface area contributed by atoms with Gasteiger partial charge in [0.2, 0.25) is 0 Å². The number of hydrogen-bond donors (Lipinski definition) is 2.